The summed E-state index contributed by atoms with van der Waals surface area (Å²) < 4.78 is 11.1. The monoisotopic (exact) mass is 225 g/mol. The highest BCUT2D eigenvalue weighted by Crippen LogP contribution is 2.33. The quantitative estimate of drug-likeness (QED) is 0.798. The van der Waals surface area contributed by atoms with Crippen LogP contribution in [0.5, 0.6) is 11.5 Å². The molecule has 2 N–H and O–H groups in total. The fraction of sp³-hybridized carbons (Fsp3) is 0.455. The van der Waals surface area contributed by atoms with Crippen molar-refractivity contribution in [3.63, 3.8) is 0 Å². The molecule has 1 aromatic carbocycles. The number of benzene rings is 1. The zero-order valence-corrected chi connectivity index (χ0v) is 9.39. The van der Waals surface area contributed by atoms with Crippen LogP contribution in [0.25, 0.3) is 0 Å². The molecular formula is C11H15NO2S. The first-order valence-corrected chi connectivity index (χ1v) is 6.11. The summed E-state index contributed by atoms with van der Waals surface area (Å²) in [5.74, 6) is 2.64. The number of ether oxygens (including phenoxy) is 2. The van der Waals surface area contributed by atoms with Gasteiger partial charge in [0.2, 0.25) is 0 Å². The van der Waals surface area contributed by atoms with E-state index in [-0.39, 0.29) is 0 Å². The predicted octanol–water partition coefficient (Wildman–Crippen LogP) is 1.90. The molecule has 2 rings (SSSR count). The summed E-state index contributed by atoms with van der Waals surface area (Å²) in [6.45, 7) is 2.17. The Morgan fingerprint density at radius 1 is 1.20 bits per heavy atom. The van der Waals surface area contributed by atoms with Crippen LogP contribution in [-0.4, -0.2) is 25.5 Å². The maximum atomic E-state index is 5.60. The van der Waals surface area contributed by atoms with Crippen LogP contribution in [0.15, 0.2) is 23.1 Å². The molecule has 0 fully saturated rings. The van der Waals surface area contributed by atoms with Crippen molar-refractivity contribution in [2.24, 2.45) is 5.73 Å². The van der Waals surface area contributed by atoms with E-state index in [0.29, 0.717) is 6.54 Å². The SMILES string of the molecule is NCCSc1ccc2c(c1)OCCCO2. The Bertz CT molecular complexity index is 330. The second-order valence-electron chi connectivity index (χ2n) is 3.30. The van der Waals surface area contributed by atoms with Gasteiger partial charge in [0.05, 0.1) is 13.2 Å². The van der Waals surface area contributed by atoms with Gasteiger partial charge in [-0.15, -0.1) is 11.8 Å². The Morgan fingerprint density at radius 3 is 2.80 bits per heavy atom. The summed E-state index contributed by atoms with van der Waals surface area (Å²) in [5, 5.41) is 0. The number of fused-ring (bicyclic) bond motifs is 1. The standard InChI is InChI=1S/C11H15NO2S/c12-4-7-15-9-2-3-10-11(8-9)14-6-1-5-13-10/h2-3,8H,1,4-7,12H2. The van der Waals surface area contributed by atoms with Gasteiger partial charge in [0, 0.05) is 23.6 Å². The van der Waals surface area contributed by atoms with Gasteiger partial charge in [-0.25, -0.2) is 0 Å². The first-order chi connectivity index (χ1) is 7.40. The normalized spacial score (nSPS) is 14.7. The summed E-state index contributed by atoms with van der Waals surface area (Å²) in [7, 11) is 0. The topological polar surface area (TPSA) is 44.5 Å². The summed E-state index contributed by atoms with van der Waals surface area (Å²) >= 11 is 1.74. The molecule has 0 radical (unpaired) electrons. The summed E-state index contributed by atoms with van der Waals surface area (Å²) in [5.41, 5.74) is 5.46. The van der Waals surface area contributed by atoms with Gasteiger partial charge in [0.15, 0.2) is 11.5 Å². The third-order valence-electron chi connectivity index (χ3n) is 2.11. The first-order valence-electron chi connectivity index (χ1n) is 5.12. The molecule has 0 unspecified atom stereocenters. The van der Waals surface area contributed by atoms with Gasteiger partial charge in [-0.3, -0.25) is 0 Å². The van der Waals surface area contributed by atoms with Gasteiger partial charge in [-0.05, 0) is 18.2 Å². The fourth-order valence-corrected chi connectivity index (χ4v) is 2.12. The lowest BCUT2D eigenvalue weighted by Gasteiger charge is -2.08. The van der Waals surface area contributed by atoms with Crippen LogP contribution in [0.4, 0.5) is 0 Å². The number of rotatable bonds is 3. The highest BCUT2D eigenvalue weighted by atomic mass is 32.2. The average Bonchev–Trinajstić information content (AvgIpc) is 2.50. The Labute approximate surface area is 93.9 Å². The fourth-order valence-electron chi connectivity index (χ4n) is 1.41. The van der Waals surface area contributed by atoms with E-state index in [2.05, 4.69) is 0 Å². The highest BCUT2D eigenvalue weighted by molar-refractivity contribution is 7.99. The van der Waals surface area contributed by atoms with Crippen molar-refractivity contribution in [1.82, 2.24) is 0 Å². The molecule has 0 aliphatic carbocycles. The van der Waals surface area contributed by atoms with Crippen LogP contribution < -0.4 is 15.2 Å². The minimum absolute atomic E-state index is 0.694. The zero-order valence-electron chi connectivity index (χ0n) is 8.57. The van der Waals surface area contributed by atoms with Crippen molar-refractivity contribution in [3.8, 4) is 11.5 Å². The van der Waals surface area contributed by atoms with Crippen LogP contribution in [0.2, 0.25) is 0 Å². The van der Waals surface area contributed by atoms with Crippen LogP contribution in [0, 0.1) is 0 Å². The molecular weight excluding hydrogens is 210 g/mol. The number of nitrogens with two attached hydrogens (primary N) is 1. The minimum atomic E-state index is 0.694. The van der Waals surface area contributed by atoms with Crippen LogP contribution in [-0.2, 0) is 0 Å². The van der Waals surface area contributed by atoms with Gasteiger partial charge < -0.3 is 15.2 Å². The van der Waals surface area contributed by atoms with Crippen LogP contribution >= 0.6 is 11.8 Å². The molecule has 15 heavy (non-hydrogen) atoms. The molecule has 1 aliphatic heterocycles. The smallest absolute Gasteiger partial charge is 0.162 e. The summed E-state index contributed by atoms with van der Waals surface area (Å²) in [6, 6.07) is 6.05. The van der Waals surface area contributed by atoms with Gasteiger partial charge in [0.1, 0.15) is 0 Å². The average molecular weight is 225 g/mol. The number of hydrogen-bond acceptors (Lipinski definition) is 4. The van der Waals surface area contributed by atoms with Gasteiger partial charge in [-0.1, -0.05) is 0 Å². The van der Waals surface area contributed by atoms with Gasteiger partial charge >= 0.3 is 0 Å². The first kappa shape index (κ1) is 10.6. The molecule has 1 aromatic rings. The second-order valence-corrected chi connectivity index (χ2v) is 4.46. The third kappa shape index (κ3) is 2.79. The maximum absolute atomic E-state index is 5.60. The lowest BCUT2D eigenvalue weighted by atomic mass is 10.3. The Hall–Kier alpha value is -0.870. The Morgan fingerprint density at radius 2 is 2.00 bits per heavy atom. The second kappa shape index (κ2) is 5.28. The van der Waals surface area contributed by atoms with E-state index in [1.165, 1.54) is 4.90 Å². The van der Waals surface area contributed by atoms with Crippen LogP contribution in [0.3, 0.4) is 0 Å². The lowest BCUT2D eigenvalue weighted by Crippen LogP contribution is -2.00. The van der Waals surface area contributed by atoms with Crippen molar-refractivity contribution in [1.29, 1.82) is 0 Å². The van der Waals surface area contributed by atoms with E-state index in [4.69, 9.17) is 15.2 Å². The molecule has 3 nitrogen and oxygen atoms in total. The molecule has 0 amide bonds. The van der Waals surface area contributed by atoms with E-state index in [1.807, 2.05) is 18.2 Å². The van der Waals surface area contributed by atoms with E-state index in [1.54, 1.807) is 11.8 Å². The van der Waals surface area contributed by atoms with Crippen molar-refractivity contribution < 1.29 is 9.47 Å². The van der Waals surface area contributed by atoms with Crippen LogP contribution in [0.1, 0.15) is 6.42 Å². The third-order valence-corrected chi connectivity index (χ3v) is 3.13. The minimum Gasteiger partial charge on any atom is -0.490 e. The van der Waals surface area contributed by atoms with E-state index < -0.39 is 0 Å². The van der Waals surface area contributed by atoms with Gasteiger partial charge in [-0.2, -0.15) is 0 Å². The zero-order chi connectivity index (χ0) is 10.5. The molecule has 0 aromatic heterocycles. The summed E-state index contributed by atoms with van der Waals surface area (Å²) in [6.07, 6.45) is 0.944. The molecule has 0 atom stereocenters. The van der Waals surface area contributed by atoms with Crippen molar-refractivity contribution >= 4 is 11.8 Å². The largest absolute Gasteiger partial charge is 0.490 e. The lowest BCUT2D eigenvalue weighted by molar-refractivity contribution is 0.297. The maximum Gasteiger partial charge on any atom is 0.162 e. The van der Waals surface area contributed by atoms with Gasteiger partial charge in [0.25, 0.3) is 0 Å². The molecule has 1 aliphatic rings. The Kier molecular flexibility index (Phi) is 3.75. The highest BCUT2D eigenvalue weighted by Gasteiger charge is 2.10. The van der Waals surface area contributed by atoms with Crippen molar-refractivity contribution in [3.05, 3.63) is 18.2 Å². The molecule has 0 saturated carbocycles. The van der Waals surface area contributed by atoms with Crippen molar-refractivity contribution in [2.75, 3.05) is 25.5 Å². The molecule has 4 heteroatoms. The van der Waals surface area contributed by atoms with E-state index >= 15 is 0 Å². The molecule has 0 spiro atoms. The number of hydrogen-bond donors (Lipinski definition) is 1. The summed E-state index contributed by atoms with van der Waals surface area (Å²) in [4.78, 5) is 1.18. The predicted molar refractivity (Wildman–Crippen MR) is 61.8 cm³/mol. The number of thioether (sulfide) groups is 1. The Balaban J connectivity index is 2.13. The van der Waals surface area contributed by atoms with Crippen molar-refractivity contribution in [2.45, 2.75) is 11.3 Å². The molecule has 0 bridgehead atoms. The molecule has 82 valence electrons. The molecule has 0 saturated heterocycles. The van der Waals surface area contributed by atoms with E-state index in [0.717, 1.165) is 36.9 Å². The van der Waals surface area contributed by atoms with E-state index in [9.17, 15) is 0 Å². The molecule has 1 heterocycles.